The molecule has 0 N–H and O–H groups in total. The minimum Gasteiger partial charge on any atom is -0.331 e. The Balaban J connectivity index is 1.64. The van der Waals surface area contributed by atoms with Gasteiger partial charge in [-0.1, -0.05) is 12.1 Å². The molecule has 1 atom stereocenters. The zero-order valence-corrected chi connectivity index (χ0v) is 15.4. The summed E-state index contributed by atoms with van der Waals surface area (Å²) in [6.07, 6.45) is 7.54. The predicted molar refractivity (Wildman–Crippen MR) is 99.3 cm³/mol. The molecule has 0 bridgehead atoms. The Bertz CT molecular complexity index is 955. The molecule has 4 rings (SSSR count). The van der Waals surface area contributed by atoms with Gasteiger partial charge in [-0.05, 0) is 44.4 Å². The number of rotatable bonds is 3. The van der Waals surface area contributed by atoms with Crippen LogP contribution in [0.5, 0.6) is 0 Å². The number of aromatic nitrogens is 4. The molecule has 0 aliphatic carbocycles. The van der Waals surface area contributed by atoms with Crippen LogP contribution >= 0.6 is 0 Å². The molecule has 1 saturated heterocycles. The van der Waals surface area contributed by atoms with E-state index < -0.39 is 0 Å². The average Bonchev–Trinajstić information content (AvgIpc) is 3.33. The van der Waals surface area contributed by atoms with Crippen molar-refractivity contribution in [2.24, 2.45) is 7.05 Å². The maximum atomic E-state index is 13.2. The minimum atomic E-state index is 0.0488. The molecule has 26 heavy (non-hydrogen) atoms. The predicted octanol–water partition coefficient (Wildman–Crippen LogP) is 3.20. The molecule has 2 aromatic heterocycles. The minimum absolute atomic E-state index is 0.0488. The Hall–Kier alpha value is -2.89. The lowest BCUT2D eigenvalue weighted by Gasteiger charge is -2.23. The Morgan fingerprint density at radius 1 is 1.19 bits per heavy atom. The molecule has 3 heterocycles. The first-order valence-corrected chi connectivity index (χ1v) is 8.96. The van der Waals surface area contributed by atoms with Crippen molar-refractivity contribution in [1.82, 2.24) is 24.5 Å². The fourth-order valence-corrected chi connectivity index (χ4v) is 3.76. The van der Waals surface area contributed by atoms with Crippen molar-refractivity contribution in [2.75, 3.05) is 6.54 Å². The van der Waals surface area contributed by atoms with Gasteiger partial charge < -0.3 is 4.90 Å². The average molecular weight is 349 g/mol. The summed E-state index contributed by atoms with van der Waals surface area (Å²) < 4.78 is 3.63. The van der Waals surface area contributed by atoms with Crippen LogP contribution in [0.3, 0.4) is 0 Å². The first-order valence-electron chi connectivity index (χ1n) is 8.96. The third kappa shape index (κ3) is 2.81. The highest BCUT2D eigenvalue weighted by Gasteiger charge is 2.32. The topological polar surface area (TPSA) is 56.0 Å². The third-order valence-corrected chi connectivity index (χ3v) is 5.11. The quantitative estimate of drug-likeness (QED) is 0.730. The second kappa shape index (κ2) is 6.44. The lowest BCUT2D eigenvalue weighted by atomic mass is 10.1. The fraction of sp³-hybridized carbons (Fsp3) is 0.350. The number of benzene rings is 1. The summed E-state index contributed by atoms with van der Waals surface area (Å²) in [5.74, 6) is 0.0488. The standard InChI is InChI=1S/C20H23N5O/c1-14-6-4-7-17(10-14)25-15(2)18(12-22-25)20(26)24-9-5-8-19(24)16-11-21-23(3)13-16/h4,6-7,10-13,19H,5,8-9H2,1-3H3/t19-/m1/s1. The molecular weight excluding hydrogens is 326 g/mol. The molecule has 6 heteroatoms. The van der Waals surface area contributed by atoms with E-state index in [1.807, 2.05) is 48.1 Å². The number of carbonyl (C=O) groups excluding carboxylic acids is 1. The first-order chi connectivity index (χ1) is 12.5. The molecule has 1 aliphatic rings. The van der Waals surface area contributed by atoms with Crippen molar-refractivity contribution in [3.63, 3.8) is 0 Å². The molecule has 1 aliphatic heterocycles. The van der Waals surface area contributed by atoms with Gasteiger partial charge in [-0.25, -0.2) is 4.68 Å². The van der Waals surface area contributed by atoms with Crippen molar-refractivity contribution in [3.8, 4) is 5.69 Å². The van der Waals surface area contributed by atoms with E-state index in [1.54, 1.807) is 10.9 Å². The van der Waals surface area contributed by atoms with Gasteiger partial charge in [-0.2, -0.15) is 10.2 Å². The summed E-state index contributed by atoms with van der Waals surface area (Å²) in [6.45, 7) is 4.78. The number of amides is 1. The van der Waals surface area contributed by atoms with Crippen LogP contribution in [0, 0.1) is 13.8 Å². The summed E-state index contributed by atoms with van der Waals surface area (Å²) in [5.41, 5.74) is 4.79. The van der Waals surface area contributed by atoms with Crippen LogP contribution in [0.4, 0.5) is 0 Å². The number of hydrogen-bond acceptors (Lipinski definition) is 3. The van der Waals surface area contributed by atoms with Gasteiger partial charge in [0, 0.05) is 25.4 Å². The maximum Gasteiger partial charge on any atom is 0.257 e. The van der Waals surface area contributed by atoms with Gasteiger partial charge in [0.2, 0.25) is 0 Å². The van der Waals surface area contributed by atoms with Gasteiger partial charge in [-0.15, -0.1) is 0 Å². The van der Waals surface area contributed by atoms with E-state index in [9.17, 15) is 4.79 Å². The lowest BCUT2D eigenvalue weighted by Crippen LogP contribution is -2.30. The monoisotopic (exact) mass is 349 g/mol. The summed E-state index contributed by atoms with van der Waals surface area (Å²) in [6, 6.07) is 8.24. The van der Waals surface area contributed by atoms with Crippen LogP contribution in [0.15, 0.2) is 42.9 Å². The highest BCUT2D eigenvalue weighted by atomic mass is 16.2. The Labute approximate surface area is 153 Å². The zero-order valence-electron chi connectivity index (χ0n) is 15.4. The fourth-order valence-electron chi connectivity index (χ4n) is 3.76. The van der Waals surface area contributed by atoms with Gasteiger partial charge in [-0.3, -0.25) is 9.48 Å². The van der Waals surface area contributed by atoms with Gasteiger partial charge in [0.15, 0.2) is 0 Å². The Morgan fingerprint density at radius 3 is 2.77 bits per heavy atom. The van der Waals surface area contributed by atoms with E-state index in [-0.39, 0.29) is 11.9 Å². The highest BCUT2D eigenvalue weighted by Crippen LogP contribution is 2.33. The summed E-state index contributed by atoms with van der Waals surface area (Å²) in [5, 5.41) is 8.73. The molecule has 1 fully saturated rings. The number of hydrogen-bond donors (Lipinski definition) is 0. The normalized spacial score (nSPS) is 17.0. The lowest BCUT2D eigenvalue weighted by molar-refractivity contribution is 0.0735. The summed E-state index contributed by atoms with van der Waals surface area (Å²) in [7, 11) is 1.90. The molecule has 1 aromatic carbocycles. The van der Waals surface area contributed by atoms with E-state index in [0.717, 1.165) is 36.3 Å². The van der Waals surface area contributed by atoms with E-state index in [0.29, 0.717) is 5.56 Å². The molecular formula is C20H23N5O. The van der Waals surface area contributed by atoms with Crippen LogP contribution in [-0.4, -0.2) is 36.9 Å². The van der Waals surface area contributed by atoms with Crippen LogP contribution < -0.4 is 0 Å². The smallest absolute Gasteiger partial charge is 0.257 e. The van der Waals surface area contributed by atoms with E-state index >= 15 is 0 Å². The number of nitrogens with zero attached hydrogens (tertiary/aromatic N) is 5. The molecule has 0 spiro atoms. The third-order valence-electron chi connectivity index (χ3n) is 5.11. The first kappa shape index (κ1) is 16.6. The SMILES string of the molecule is Cc1cccc(-n2ncc(C(=O)N3CCC[C@@H]3c3cnn(C)c3)c2C)c1. The van der Waals surface area contributed by atoms with Crippen molar-refractivity contribution >= 4 is 5.91 Å². The van der Waals surface area contributed by atoms with E-state index in [1.165, 1.54) is 5.56 Å². The molecule has 134 valence electrons. The molecule has 0 unspecified atom stereocenters. The van der Waals surface area contributed by atoms with Crippen molar-refractivity contribution < 1.29 is 4.79 Å². The van der Waals surface area contributed by atoms with Crippen LogP contribution in [0.1, 0.15) is 46.1 Å². The van der Waals surface area contributed by atoms with E-state index in [4.69, 9.17) is 0 Å². The van der Waals surface area contributed by atoms with Crippen LogP contribution in [0.25, 0.3) is 5.69 Å². The number of carbonyl (C=O) groups is 1. The van der Waals surface area contributed by atoms with Gasteiger partial charge >= 0.3 is 0 Å². The number of aryl methyl sites for hydroxylation is 2. The van der Waals surface area contributed by atoms with Gasteiger partial charge in [0.25, 0.3) is 5.91 Å². The second-order valence-corrected chi connectivity index (χ2v) is 7.00. The van der Waals surface area contributed by atoms with Gasteiger partial charge in [0.05, 0.1) is 35.4 Å². The largest absolute Gasteiger partial charge is 0.331 e. The molecule has 0 radical (unpaired) electrons. The van der Waals surface area contributed by atoms with Crippen LogP contribution in [0.2, 0.25) is 0 Å². The van der Waals surface area contributed by atoms with Crippen molar-refractivity contribution in [2.45, 2.75) is 32.7 Å². The summed E-state index contributed by atoms with van der Waals surface area (Å²) >= 11 is 0. The zero-order chi connectivity index (χ0) is 18.3. The van der Waals surface area contributed by atoms with Crippen molar-refractivity contribution in [1.29, 1.82) is 0 Å². The second-order valence-electron chi connectivity index (χ2n) is 7.00. The molecule has 3 aromatic rings. The van der Waals surface area contributed by atoms with Gasteiger partial charge in [0.1, 0.15) is 0 Å². The van der Waals surface area contributed by atoms with Crippen LogP contribution in [-0.2, 0) is 7.05 Å². The van der Waals surface area contributed by atoms with E-state index in [2.05, 4.69) is 29.3 Å². The summed E-state index contributed by atoms with van der Waals surface area (Å²) in [4.78, 5) is 15.2. The molecule has 1 amide bonds. The highest BCUT2D eigenvalue weighted by molar-refractivity contribution is 5.95. The molecule has 6 nitrogen and oxygen atoms in total. The Kier molecular flexibility index (Phi) is 4.11. The maximum absolute atomic E-state index is 13.2. The Morgan fingerprint density at radius 2 is 2.04 bits per heavy atom. The number of likely N-dealkylation sites (tertiary alicyclic amines) is 1. The molecule has 0 saturated carbocycles. The van der Waals surface area contributed by atoms with Crippen molar-refractivity contribution in [3.05, 3.63) is 65.2 Å².